The molecule has 0 spiro atoms. The number of anilines is 2. The third-order valence-corrected chi connectivity index (χ3v) is 4.60. The van der Waals surface area contributed by atoms with Gasteiger partial charge in [-0.3, -0.25) is 4.79 Å². The number of carbonyl (C=O) groups is 1. The fourth-order valence-corrected chi connectivity index (χ4v) is 3.10. The Labute approximate surface area is 152 Å². The summed E-state index contributed by atoms with van der Waals surface area (Å²) in [6, 6.07) is 7.92. The molecule has 1 aromatic heterocycles. The average Bonchev–Trinajstić information content (AvgIpc) is 2.64. The van der Waals surface area contributed by atoms with Crippen LogP contribution in [0.4, 0.5) is 16.2 Å². The van der Waals surface area contributed by atoms with Gasteiger partial charge in [-0.15, -0.1) is 0 Å². The third-order valence-electron chi connectivity index (χ3n) is 4.60. The minimum atomic E-state index is -0.339. The standard InChI is InChI=1S/C19H24FN5O/c1-25(2)17-11-12-21-19(24-17)23-16-9-7-15(8-10-16)22-18(26)13-3-5-14(20)6-4-13/h3-6,11-12,15-16H,7-10H2,1-2H3,(H,22,26)(H,21,23,24). The molecule has 1 aliphatic rings. The van der Waals surface area contributed by atoms with E-state index in [9.17, 15) is 9.18 Å². The van der Waals surface area contributed by atoms with Crippen molar-refractivity contribution in [2.24, 2.45) is 0 Å². The molecule has 0 saturated heterocycles. The van der Waals surface area contributed by atoms with E-state index in [2.05, 4.69) is 20.6 Å². The zero-order valence-corrected chi connectivity index (χ0v) is 15.1. The Balaban J connectivity index is 1.49. The van der Waals surface area contributed by atoms with Gasteiger partial charge in [-0.2, -0.15) is 4.98 Å². The number of nitrogens with zero attached hydrogens (tertiary/aromatic N) is 3. The molecule has 1 heterocycles. The van der Waals surface area contributed by atoms with Crippen molar-refractivity contribution in [3.05, 3.63) is 47.9 Å². The van der Waals surface area contributed by atoms with Crippen LogP contribution in [0.15, 0.2) is 36.5 Å². The van der Waals surface area contributed by atoms with Gasteiger partial charge in [0.2, 0.25) is 5.95 Å². The van der Waals surface area contributed by atoms with Gasteiger partial charge in [-0.05, 0) is 56.0 Å². The van der Waals surface area contributed by atoms with Crippen LogP contribution < -0.4 is 15.5 Å². The molecule has 2 N–H and O–H groups in total. The summed E-state index contributed by atoms with van der Waals surface area (Å²) in [6.45, 7) is 0. The van der Waals surface area contributed by atoms with Crippen LogP contribution in [0.5, 0.6) is 0 Å². The van der Waals surface area contributed by atoms with E-state index in [1.807, 2.05) is 25.1 Å². The van der Waals surface area contributed by atoms with Crippen molar-refractivity contribution in [2.75, 3.05) is 24.3 Å². The highest BCUT2D eigenvalue weighted by Crippen LogP contribution is 2.22. The van der Waals surface area contributed by atoms with E-state index in [0.29, 0.717) is 17.6 Å². The van der Waals surface area contributed by atoms with Gasteiger partial charge in [-0.25, -0.2) is 9.37 Å². The predicted molar refractivity (Wildman–Crippen MR) is 99.9 cm³/mol. The molecule has 1 aliphatic carbocycles. The van der Waals surface area contributed by atoms with Crippen LogP contribution >= 0.6 is 0 Å². The van der Waals surface area contributed by atoms with Crippen molar-refractivity contribution in [3.63, 3.8) is 0 Å². The van der Waals surface area contributed by atoms with Crippen LogP contribution in [0.25, 0.3) is 0 Å². The second-order valence-electron chi connectivity index (χ2n) is 6.81. The molecule has 1 aromatic carbocycles. The molecule has 0 atom stereocenters. The van der Waals surface area contributed by atoms with Crippen molar-refractivity contribution >= 4 is 17.7 Å². The maximum atomic E-state index is 12.9. The van der Waals surface area contributed by atoms with E-state index in [1.54, 1.807) is 6.20 Å². The van der Waals surface area contributed by atoms with Crippen LogP contribution in [-0.4, -0.2) is 42.1 Å². The molecule has 6 nitrogen and oxygen atoms in total. The molecule has 138 valence electrons. The summed E-state index contributed by atoms with van der Waals surface area (Å²) < 4.78 is 12.9. The van der Waals surface area contributed by atoms with Crippen LogP contribution in [0.3, 0.4) is 0 Å². The zero-order valence-electron chi connectivity index (χ0n) is 15.1. The molecule has 26 heavy (non-hydrogen) atoms. The summed E-state index contributed by atoms with van der Waals surface area (Å²) in [5.41, 5.74) is 0.487. The first kappa shape index (κ1) is 18.1. The monoisotopic (exact) mass is 357 g/mol. The lowest BCUT2D eigenvalue weighted by molar-refractivity contribution is 0.0926. The van der Waals surface area contributed by atoms with Crippen LogP contribution in [0, 0.1) is 5.82 Å². The smallest absolute Gasteiger partial charge is 0.251 e. The first-order valence-electron chi connectivity index (χ1n) is 8.84. The van der Waals surface area contributed by atoms with E-state index in [0.717, 1.165) is 31.5 Å². The molecule has 0 radical (unpaired) electrons. The Kier molecular flexibility index (Phi) is 5.65. The fourth-order valence-electron chi connectivity index (χ4n) is 3.10. The lowest BCUT2D eigenvalue weighted by Gasteiger charge is -2.29. The molecule has 0 bridgehead atoms. The lowest BCUT2D eigenvalue weighted by Crippen LogP contribution is -2.40. The molecule has 1 fully saturated rings. The van der Waals surface area contributed by atoms with Crippen molar-refractivity contribution in [1.29, 1.82) is 0 Å². The maximum Gasteiger partial charge on any atom is 0.251 e. The molecule has 3 rings (SSSR count). The van der Waals surface area contributed by atoms with Crippen LogP contribution in [0.2, 0.25) is 0 Å². The van der Waals surface area contributed by atoms with Gasteiger partial charge in [0, 0.05) is 37.9 Å². The summed E-state index contributed by atoms with van der Waals surface area (Å²) in [5.74, 6) is 1.01. The van der Waals surface area contributed by atoms with Gasteiger partial charge in [0.25, 0.3) is 5.91 Å². The van der Waals surface area contributed by atoms with Gasteiger partial charge in [0.1, 0.15) is 11.6 Å². The second kappa shape index (κ2) is 8.12. The lowest BCUT2D eigenvalue weighted by atomic mass is 9.91. The quantitative estimate of drug-likeness (QED) is 0.861. The second-order valence-corrected chi connectivity index (χ2v) is 6.81. The molecule has 7 heteroatoms. The molecule has 1 amide bonds. The van der Waals surface area contributed by atoms with Gasteiger partial charge < -0.3 is 15.5 Å². The first-order chi connectivity index (χ1) is 12.5. The normalized spacial score (nSPS) is 19.7. The molecule has 0 aliphatic heterocycles. The third kappa shape index (κ3) is 4.68. The molecular formula is C19H24FN5O. The summed E-state index contributed by atoms with van der Waals surface area (Å²) in [5, 5.41) is 6.42. The molecule has 1 saturated carbocycles. The summed E-state index contributed by atoms with van der Waals surface area (Å²) in [4.78, 5) is 22.9. The maximum absolute atomic E-state index is 12.9. The minimum absolute atomic E-state index is 0.139. The highest BCUT2D eigenvalue weighted by Gasteiger charge is 2.23. The highest BCUT2D eigenvalue weighted by atomic mass is 19.1. The minimum Gasteiger partial charge on any atom is -0.363 e. The van der Waals surface area contributed by atoms with E-state index in [4.69, 9.17) is 0 Å². The van der Waals surface area contributed by atoms with E-state index >= 15 is 0 Å². The van der Waals surface area contributed by atoms with Crippen molar-refractivity contribution < 1.29 is 9.18 Å². The zero-order chi connectivity index (χ0) is 18.5. The van der Waals surface area contributed by atoms with Crippen molar-refractivity contribution in [1.82, 2.24) is 15.3 Å². The number of benzene rings is 1. The highest BCUT2D eigenvalue weighted by molar-refractivity contribution is 5.94. The van der Waals surface area contributed by atoms with Crippen LogP contribution in [-0.2, 0) is 0 Å². The number of carbonyl (C=O) groups excluding carboxylic acids is 1. The molecule has 0 unspecified atom stereocenters. The largest absolute Gasteiger partial charge is 0.363 e. The Morgan fingerprint density at radius 3 is 2.38 bits per heavy atom. The van der Waals surface area contributed by atoms with Crippen LogP contribution in [0.1, 0.15) is 36.0 Å². The number of rotatable bonds is 5. The van der Waals surface area contributed by atoms with Gasteiger partial charge >= 0.3 is 0 Å². The Morgan fingerprint density at radius 1 is 1.08 bits per heavy atom. The Morgan fingerprint density at radius 2 is 1.73 bits per heavy atom. The van der Waals surface area contributed by atoms with E-state index < -0.39 is 0 Å². The van der Waals surface area contributed by atoms with Gasteiger partial charge in [0.05, 0.1) is 0 Å². The van der Waals surface area contributed by atoms with Gasteiger partial charge in [-0.1, -0.05) is 0 Å². The average molecular weight is 357 g/mol. The predicted octanol–water partition coefficient (Wildman–Crippen LogP) is 2.83. The SMILES string of the molecule is CN(C)c1ccnc(NC2CCC(NC(=O)c3ccc(F)cc3)CC2)n1. The number of halogens is 1. The summed E-state index contributed by atoms with van der Waals surface area (Å²) in [7, 11) is 3.89. The number of hydrogen-bond donors (Lipinski definition) is 2. The first-order valence-corrected chi connectivity index (χ1v) is 8.84. The fraction of sp³-hybridized carbons (Fsp3) is 0.421. The van der Waals surface area contributed by atoms with Crippen molar-refractivity contribution in [3.8, 4) is 0 Å². The number of nitrogens with one attached hydrogen (secondary N) is 2. The molecule has 2 aromatic rings. The van der Waals surface area contributed by atoms with E-state index in [1.165, 1.54) is 24.3 Å². The summed E-state index contributed by atoms with van der Waals surface area (Å²) >= 11 is 0. The number of amides is 1. The topological polar surface area (TPSA) is 70.2 Å². The number of hydrogen-bond acceptors (Lipinski definition) is 5. The molecular weight excluding hydrogens is 333 g/mol. The van der Waals surface area contributed by atoms with E-state index in [-0.39, 0.29) is 17.8 Å². The van der Waals surface area contributed by atoms with Gasteiger partial charge in [0.15, 0.2) is 0 Å². The van der Waals surface area contributed by atoms with Crippen molar-refractivity contribution in [2.45, 2.75) is 37.8 Å². The Bertz CT molecular complexity index is 742. The summed E-state index contributed by atoms with van der Waals surface area (Å²) in [6.07, 6.45) is 5.39. The Hall–Kier alpha value is -2.70. The number of aromatic nitrogens is 2.